The van der Waals surface area contributed by atoms with E-state index in [1.165, 1.54) is 18.4 Å². The highest BCUT2D eigenvalue weighted by molar-refractivity contribution is 9.10. The minimum absolute atomic E-state index is 0.0920. The highest BCUT2D eigenvalue weighted by Crippen LogP contribution is 2.24. The fourth-order valence-corrected chi connectivity index (χ4v) is 3.18. The first-order valence-corrected chi connectivity index (χ1v) is 8.71. The van der Waals surface area contributed by atoms with Gasteiger partial charge in [0.1, 0.15) is 5.69 Å². The van der Waals surface area contributed by atoms with Crippen molar-refractivity contribution in [2.45, 2.75) is 38.6 Å². The molecule has 3 rings (SSSR count). The Labute approximate surface area is 144 Å². The van der Waals surface area contributed by atoms with Crippen molar-refractivity contribution in [1.82, 2.24) is 10.3 Å². The van der Waals surface area contributed by atoms with Gasteiger partial charge in [-0.15, -0.1) is 0 Å². The number of aryl methyl sites for hydroxylation is 1. The molecule has 2 aromatic rings. The average molecular weight is 374 g/mol. The van der Waals surface area contributed by atoms with Gasteiger partial charge in [-0.3, -0.25) is 9.78 Å². The van der Waals surface area contributed by atoms with E-state index in [2.05, 4.69) is 31.5 Å². The van der Waals surface area contributed by atoms with Crippen molar-refractivity contribution in [3.05, 3.63) is 52.3 Å². The number of carbonyl (C=O) groups excluding carboxylic acids is 1. The molecule has 23 heavy (non-hydrogen) atoms. The number of pyridine rings is 1. The number of rotatable bonds is 4. The molecule has 5 heteroatoms. The van der Waals surface area contributed by atoms with Gasteiger partial charge in [0.15, 0.2) is 0 Å². The number of aromatic nitrogens is 1. The van der Waals surface area contributed by atoms with Gasteiger partial charge in [-0.2, -0.15) is 0 Å². The maximum Gasteiger partial charge on any atom is 0.270 e. The lowest BCUT2D eigenvalue weighted by molar-refractivity contribution is 0.0933. The molecule has 0 spiro atoms. The first-order valence-electron chi connectivity index (χ1n) is 7.92. The van der Waals surface area contributed by atoms with Crippen LogP contribution in [0.3, 0.4) is 0 Å². The monoisotopic (exact) mass is 373 g/mol. The normalized spacial score (nSPS) is 14.7. The summed E-state index contributed by atoms with van der Waals surface area (Å²) in [5.74, 6) is -0.0920. The molecule has 0 saturated heterocycles. The standard InChI is InChI=1S/C18H20BrN3O/c1-12-6-7-14(10-16(12)19)21-15-8-9-20-17(11-15)18(23)22-13-4-2-3-5-13/h6-11,13H,2-5H2,1H3,(H,20,21)(H,22,23). The lowest BCUT2D eigenvalue weighted by atomic mass is 10.2. The number of hydrogen-bond donors (Lipinski definition) is 2. The Morgan fingerprint density at radius 1 is 1.17 bits per heavy atom. The summed E-state index contributed by atoms with van der Waals surface area (Å²) in [7, 11) is 0. The molecule has 4 nitrogen and oxygen atoms in total. The Kier molecular flexibility index (Phi) is 4.96. The minimum Gasteiger partial charge on any atom is -0.355 e. The van der Waals surface area contributed by atoms with Gasteiger partial charge in [0, 0.05) is 28.1 Å². The Bertz CT molecular complexity index is 711. The number of carbonyl (C=O) groups is 1. The molecule has 1 aromatic heterocycles. The highest BCUT2D eigenvalue weighted by atomic mass is 79.9. The molecule has 0 radical (unpaired) electrons. The Hall–Kier alpha value is -1.88. The van der Waals surface area contributed by atoms with Crippen LogP contribution < -0.4 is 10.6 Å². The number of hydrogen-bond acceptors (Lipinski definition) is 3. The van der Waals surface area contributed by atoms with Crippen LogP contribution in [-0.2, 0) is 0 Å². The van der Waals surface area contributed by atoms with Crippen LogP contribution in [0, 0.1) is 6.92 Å². The summed E-state index contributed by atoms with van der Waals surface area (Å²) in [4.78, 5) is 16.5. The van der Waals surface area contributed by atoms with Crippen LogP contribution in [0.5, 0.6) is 0 Å². The van der Waals surface area contributed by atoms with Gasteiger partial charge < -0.3 is 10.6 Å². The van der Waals surface area contributed by atoms with E-state index >= 15 is 0 Å². The third kappa shape index (κ3) is 4.10. The van der Waals surface area contributed by atoms with Crippen LogP contribution in [0.15, 0.2) is 41.0 Å². The second kappa shape index (κ2) is 7.13. The Morgan fingerprint density at radius 2 is 1.91 bits per heavy atom. The molecule has 1 amide bonds. The first kappa shape index (κ1) is 16.0. The predicted octanol–water partition coefficient (Wildman–Crippen LogP) is 4.57. The number of benzene rings is 1. The quantitative estimate of drug-likeness (QED) is 0.825. The third-order valence-corrected chi connectivity index (χ3v) is 5.00. The zero-order chi connectivity index (χ0) is 16.2. The summed E-state index contributed by atoms with van der Waals surface area (Å²) < 4.78 is 1.05. The van der Waals surface area contributed by atoms with Crippen molar-refractivity contribution in [3.8, 4) is 0 Å². The molecule has 1 aromatic carbocycles. The van der Waals surface area contributed by atoms with E-state index in [0.29, 0.717) is 11.7 Å². The van der Waals surface area contributed by atoms with Crippen LogP contribution in [0.1, 0.15) is 41.7 Å². The summed E-state index contributed by atoms with van der Waals surface area (Å²) in [6, 6.07) is 10.0. The van der Waals surface area contributed by atoms with Crippen molar-refractivity contribution < 1.29 is 4.79 Å². The van der Waals surface area contributed by atoms with Crippen LogP contribution in [-0.4, -0.2) is 16.9 Å². The molecule has 0 atom stereocenters. The largest absolute Gasteiger partial charge is 0.355 e. The SMILES string of the molecule is Cc1ccc(Nc2ccnc(C(=O)NC3CCCC3)c2)cc1Br. The van der Waals surface area contributed by atoms with Crippen molar-refractivity contribution in [3.63, 3.8) is 0 Å². The topological polar surface area (TPSA) is 54.0 Å². The molecule has 0 unspecified atom stereocenters. The fourth-order valence-electron chi connectivity index (χ4n) is 2.80. The van der Waals surface area contributed by atoms with Crippen LogP contribution >= 0.6 is 15.9 Å². The lowest BCUT2D eigenvalue weighted by Crippen LogP contribution is -2.33. The van der Waals surface area contributed by atoms with Crippen LogP contribution in [0.4, 0.5) is 11.4 Å². The predicted molar refractivity (Wildman–Crippen MR) is 96.1 cm³/mol. The summed E-state index contributed by atoms with van der Waals surface area (Å²) >= 11 is 3.53. The molecule has 1 aliphatic carbocycles. The van der Waals surface area contributed by atoms with Crippen LogP contribution in [0.2, 0.25) is 0 Å². The Balaban J connectivity index is 1.71. The smallest absolute Gasteiger partial charge is 0.270 e. The molecule has 1 saturated carbocycles. The minimum atomic E-state index is -0.0920. The summed E-state index contributed by atoms with van der Waals surface area (Å²) in [5.41, 5.74) is 3.46. The van der Waals surface area contributed by atoms with Crippen molar-refractivity contribution >= 4 is 33.2 Å². The van der Waals surface area contributed by atoms with Gasteiger partial charge in [0.2, 0.25) is 0 Å². The van der Waals surface area contributed by atoms with Gasteiger partial charge in [-0.1, -0.05) is 34.8 Å². The maximum absolute atomic E-state index is 12.3. The van der Waals surface area contributed by atoms with Crippen LogP contribution in [0.25, 0.3) is 0 Å². The number of nitrogens with zero attached hydrogens (tertiary/aromatic N) is 1. The number of nitrogens with one attached hydrogen (secondary N) is 2. The lowest BCUT2D eigenvalue weighted by Gasteiger charge is -2.12. The second-order valence-electron chi connectivity index (χ2n) is 5.97. The van der Waals surface area contributed by atoms with Crippen molar-refractivity contribution in [2.24, 2.45) is 0 Å². The molecule has 1 heterocycles. The van der Waals surface area contributed by atoms with E-state index in [-0.39, 0.29) is 5.91 Å². The molecular weight excluding hydrogens is 354 g/mol. The number of halogens is 1. The molecular formula is C18H20BrN3O. The first-order chi connectivity index (χ1) is 11.1. The van der Waals surface area contributed by atoms with Gasteiger partial charge in [-0.25, -0.2) is 0 Å². The van der Waals surface area contributed by atoms with E-state index in [1.54, 1.807) is 12.3 Å². The Morgan fingerprint density at radius 3 is 2.65 bits per heavy atom. The zero-order valence-electron chi connectivity index (χ0n) is 13.1. The molecule has 1 aliphatic rings. The van der Waals surface area contributed by atoms with E-state index < -0.39 is 0 Å². The molecule has 0 bridgehead atoms. The maximum atomic E-state index is 12.3. The zero-order valence-corrected chi connectivity index (χ0v) is 14.7. The third-order valence-electron chi connectivity index (χ3n) is 4.14. The molecule has 2 N–H and O–H groups in total. The summed E-state index contributed by atoms with van der Waals surface area (Å²) in [6.45, 7) is 2.05. The van der Waals surface area contributed by atoms with E-state index in [4.69, 9.17) is 0 Å². The van der Waals surface area contributed by atoms with Gasteiger partial charge in [0.25, 0.3) is 5.91 Å². The summed E-state index contributed by atoms with van der Waals surface area (Å²) in [5, 5.41) is 6.38. The summed E-state index contributed by atoms with van der Waals surface area (Å²) in [6.07, 6.45) is 6.20. The van der Waals surface area contributed by atoms with Crippen molar-refractivity contribution in [2.75, 3.05) is 5.32 Å². The van der Waals surface area contributed by atoms with Gasteiger partial charge in [-0.05, 0) is 49.6 Å². The molecule has 1 fully saturated rings. The van der Waals surface area contributed by atoms with E-state index in [0.717, 1.165) is 28.7 Å². The molecule has 120 valence electrons. The van der Waals surface area contributed by atoms with Crippen molar-refractivity contribution in [1.29, 1.82) is 0 Å². The van der Waals surface area contributed by atoms with Gasteiger partial charge >= 0.3 is 0 Å². The second-order valence-corrected chi connectivity index (χ2v) is 6.83. The number of amides is 1. The average Bonchev–Trinajstić information content (AvgIpc) is 3.04. The van der Waals surface area contributed by atoms with E-state index in [9.17, 15) is 4.79 Å². The number of anilines is 2. The van der Waals surface area contributed by atoms with Gasteiger partial charge in [0.05, 0.1) is 0 Å². The van der Waals surface area contributed by atoms with E-state index in [1.807, 2.05) is 31.2 Å². The molecule has 0 aliphatic heterocycles. The highest BCUT2D eigenvalue weighted by Gasteiger charge is 2.18. The fraction of sp³-hybridized carbons (Fsp3) is 0.333.